The zero-order chi connectivity index (χ0) is 12.5. The van der Waals surface area contributed by atoms with Crippen molar-refractivity contribution in [2.24, 2.45) is 0 Å². The average Bonchev–Trinajstić information content (AvgIpc) is 2.98. The second-order valence-electron chi connectivity index (χ2n) is 4.03. The number of aromatic nitrogens is 1. The van der Waals surface area contributed by atoms with E-state index in [9.17, 15) is 8.42 Å². The highest BCUT2D eigenvalue weighted by Crippen LogP contribution is 2.22. The number of methoxy groups -OCH3 is 1. The summed E-state index contributed by atoms with van der Waals surface area (Å²) in [5.41, 5.74) is 0.492. The van der Waals surface area contributed by atoms with Crippen LogP contribution in [-0.2, 0) is 21.4 Å². The van der Waals surface area contributed by atoms with Crippen LogP contribution < -0.4 is 0 Å². The lowest BCUT2D eigenvalue weighted by Gasteiger charge is -2.14. The Morgan fingerprint density at radius 3 is 2.94 bits per heavy atom. The van der Waals surface area contributed by atoms with Crippen molar-refractivity contribution in [3.05, 3.63) is 18.0 Å². The predicted molar refractivity (Wildman–Crippen MR) is 60.9 cm³/mol. The monoisotopic (exact) mass is 260 g/mol. The number of rotatable bonds is 4. The van der Waals surface area contributed by atoms with Gasteiger partial charge in [-0.05, 0) is 12.5 Å². The van der Waals surface area contributed by atoms with E-state index in [1.54, 1.807) is 7.11 Å². The van der Waals surface area contributed by atoms with Crippen LogP contribution in [0.25, 0.3) is 0 Å². The van der Waals surface area contributed by atoms with E-state index < -0.39 is 10.0 Å². The lowest BCUT2D eigenvalue weighted by molar-refractivity contribution is 0.115. The number of aliphatic hydroxyl groups excluding tert-OH is 1. The SMILES string of the molecule is COC1CCN(S(=O)(=O)c2c[nH]c(CO)c2)C1. The van der Waals surface area contributed by atoms with Crippen LogP contribution in [0, 0.1) is 0 Å². The predicted octanol–water partition coefficient (Wildman–Crippen LogP) is -0.0836. The Hall–Kier alpha value is -0.890. The van der Waals surface area contributed by atoms with E-state index in [4.69, 9.17) is 9.84 Å². The number of sulfonamides is 1. The Morgan fingerprint density at radius 2 is 2.41 bits per heavy atom. The fourth-order valence-corrected chi connectivity index (χ4v) is 3.42. The molecule has 0 saturated carbocycles. The lowest BCUT2D eigenvalue weighted by Crippen LogP contribution is -2.29. The molecule has 1 unspecified atom stereocenters. The summed E-state index contributed by atoms with van der Waals surface area (Å²) in [7, 11) is -1.88. The van der Waals surface area contributed by atoms with Crippen molar-refractivity contribution < 1.29 is 18.3 Å². The lowest BCUT2D eigenvalue weighted by atomic mass is 10.3. The number of hydrogen-bond donors (Lipinski definition) is 2. The fourth-order valence-electron chi connectivity index (χ4n) is 1.92. The van der Waals surface area contributed by atoms with Crippen molar-refractivity contribution in [3.63, 3.8) is 0 Å². The van der Waals surface area contributed by atoms with Crippen LogP contribution in [0.2, 0.25) is 0 Å². The van der Waals surface area contributed by atoms with Gasteiger partial charge in [0, 0.05) is 32.1 Å². The number of ether oxygens (including phenoxy) is 1. The highest BCUT2D eigenvalue weighted by atomic mass is 32.2. The Kier molecular flexibility index (Phi) is 3.53. The van der Waals surface area contributed by atoms with Gasteiger partial charge in [-0.15, -0.1) is 0 Å². The Balaban J connectivity index is 2.19. The average molecular weight is 260 g/mol. The Bertz CT molecular complexity index is 482. The third-order valence-electron chi connectivity index (χ3n) is 2.97. The molecule has 1 aliphatic heterocycles. The van der Waals surface area contributed by atoms with Crippen molar-refractivity contribution >= 4 is 10.0 Å². The van der Waals surface area contributed by atoms with Crippen molar-refractivity contribution in [3.8, 4) is 0 Å². The molecule has 1 atom stereocenters. The molecule has 1 aromatic heterocycles. The minimum atomic E-state index is -3.46. The van der Waals surface area contributed by atoms with E-state index in [1.165, 1.54) is 16.6 Å². The van der Waals surface area contributed by atoms with Gasteiger partial charge < -0.3 is 14.8 Å². The zero-order valence-corrected chi connectivity index (χ0v) is 10.4. The van der Waals surface area contributed by atoms with Gasteiger partial charge in [-0.2, -0.15) is 4.31 Å². The summed E-state index contributed by atoms with van der Waals surface area (Å²) < 4.78 is 30.9. The summed E-state index contributed by atoms with van der Waals surface area (Å²) in [6, 6.07) is 1.45. The van der Waals surface area contributed by atoms with Crippen LogP contribution in [0.15, 0.2) is 17.2 Å². The number of nitrogens with one attached hydrogen (secondary N) is 1. The maximum atomic E-state index is 12.2. The molecule has 0 amide bonds. The van der Waals surface area contributed by atoms with Crippen LogP contribution >= 0.6 is 0 Å². The molecular formula is C10H16N2O4S. The van der Waals surface area contributed by atoms with Gasteiger partial charge in [0.2, 0.25) is 10.0 Å². The van der Waals surface area contributed by atoms with Gasteiger partial charge in [-0.1, -0.05) is 0 Å². The van der Waals surface area contributed by atoms with Crippen LogP contribution in [0.3, 0.4) is 0 Å². The molecule has 0 bridgehead atoms. The van der Waals surface area contributed by atoms with E-state index in [1.807, 2.05) is 0 Å². The molecule has 0 aromatic carbocycles. The molecule has 17 heavy (non-hydrogen) atoms. The highest BCUT2D eigenvalue weighted by Gasteiger charge is 2.32. The third-order valence-corrected chi connectivity index (χ3v) is 4.81. The van der Waals surface area contributed by atoms with E-state index in [2.05, 4.69) is 4.98 Å². The van der Waals surface area contributed by atoms with Gasteiger partial charge >= 0.3 is 0 Å². The van der Waals surface area contributed by atoms with Crippen molar-refractivity contribution in [2.75, 3.05) is 20.2 Å². The number of aromatic amines is 1. The molecular weight excluding hydrogens is 244 g/mol. The van der Waals surface area contributed by atoms with Crippen molar-refractivity contribution in [1.82, 2.24) is 9.29 Å². The summed E-state index contributed by atoms with van der Waals surface area (Å²) in [6.45, 7) is 0.662. The maximum absolute atomic E-state index is 12.2. The highest BCUT2D eigenvalue weighted by molar-refractivity contribution is 7.89. The van der Waals surface area contributed by atoms with E-state index in [0.29, 0.717) is 25.2 Å². The Labute approximate surface area is 100 Å². The first-order valence-corrected chi connectivity index (χ1v) is 6.83. The number of hydrogen-bond acceptors (Lipinski definition) is 4. The standard InChI is InChI=1S/C10H16N2O4S/c1-16-9-2-3-12(6-9)17(14,15)10-4-8(7-13)11-5-10/h4-5,9,11,13H,2-3,6-7H2,1H3. The molecule has 7 heteroatoms. The largest absolute Gasteiger partial charge is 0.390 e. The van der Waals surface area contributed by atoms with E-state index in [-0.39, 0.29) is 17.6 Å². The first kappa shape index (κ1) is 12.6. The first-order valence-electron chi connectivity index (χ1n) is 5.39. The molecule has 0 spiro atoms. The molecule has 1 aromatic rings. The molecule has 1 aliphatic rings. The second kappa shape index (κ2) is 4.77. The van der Waals surface area contributed by atoms with E-state index in [0.717, 1.165) is 0 Å². The first-order chi connectivity index (χ1) is 8.07. The molecule has 1 saturated heterocycles. The topological polar surface area (TPSA) is 82.6 Å². The summed E-state index contributed by atoms with van der Waals surface area (Å²) in [5, 5.41) is 8.90. The number of H-pyrrole nitrogens is 1. The van der Waals surface area contributed by atoms with E-state index >= 15 is 0 Å². The summed E-state index contributed by atoms with van der Waals surface area (Å²) >= 11 is 0. The molecule has 1 fully saturated rings. The van der Waals surface area contributed by atoms with Crippen LogP contribution in [0.1, 0.15) is 12.1 Å². The van der Waals surface area contributed by atoms with Gasteiger partial charge in [-0.3, -0.25) is 0 Å². The molecule has 96 valence electrons. The minimum absolute atomic E-state index is 0.0268. The van der Waals surface area contributed by atoms with Gasteiger partial charge in [0.05, 0.1) is 17.6 Å². The normalized spacial score (nSPS) is 22.1. The molecule has 2 N–H and O–H groups in total. The molecule has 6 nitrogen and oxygen atoms in total. The van der Waals surface area contributed by atoms with Crippen molar-refractivity contribution in [1.29, 1.82) is 0 Å². The van der Waals surface area contributed by atoms with Gasteiger partial charge in [0.15, 0.2) is 0 Å². The van der Waals surface area contributed by atoms with Gasteiger partial charge in [0.25, 0.3) is 0 Å². The molecule has 0 aliphatic carbocycles. The van der Waals surface area contributed by atoms with Gasteiger partial charge in [-0.25, -0.2) is 8.42 Å². The summed E-state index contributed by atoms with van der Waals surface area (Å²) in [6.07, 6.45) is 2.09. The number of aliphatic hydroxyl groups is 1. The fraction of sp³-hybridized carbons (Fsp3) is 0.600. The second-order valence-corrected chi connectivity index (χ2v) is 5.97. The minimum Gasteiger partial charge on any atom is -0.390 e. The van der Waals surface area contributed by atoms with Crippen LogP contribution in [-0.4, -0.2) is 49.1 Å². The zero-order valence-electron chi connectivity index (χ0n) is 9.59. The van der Waals surface area contributed by atoms with Crippen molar-refractivity contribution in [2.45, 2.75) is 24.0 Å². The summed E-state index contributed by atoms with van der Waals surface area (Å²) in [5.74, 6) is 0. The van der Waals surface area contributed by atoms with Gasteiger partial charge in [0.1, 0.15) is 0 Å². The third kappa shape index (κ3) is 2.37. The van der Waals surface area contributed by atoms with Crippen LogP contribution in [0.4, 0.5) is 0 Å². The smallest absolute Gasteiger partial charge is 0.244 e. The molecule has 2 rings (SSSR count). The molecule has 0 radical (unpaired) electrons. The Morgan fingerprint density at radius 1 is 1.65 bits per heavy atom. The quantitative estimate of drug-likeness (QED) is 0.793. The number of nitrogens with zero attached hydrogens (tertiary/aromatic N) is 1. The maximum Gasteiger partial charge on any atom is 0.244 e. The molecule has 2 heterocycles. The van der Waals surface area contributed by atoms with Crippen LogP contribution in [0.5, 0.6) is 0 Å². The summed E-state index contributed by atoms with van der Waals surface area (Å²) in [4.78, 5) is 2.92.